The number of allylic oxidation sites excluding steroid dienone is 6. The van der Waals surface area contributed by atoms with E-state index >= 15 is 0 Å². The zero-order valence-electron chi connectivity index (χ0n) is 24.8. The van der Waals surface area contributed by atoms with E-state index in [1.165, 1.54) is 43.6 Å². The Balaban J connectivity index is 1.47. The molecule has 1 saturated heterocycles. The third-order valence-corrected chi connectivity index (χ3v) is 7.80. The third-order valence-electron chi connectivity index (χ3n) is 7.80. The second kappa shape index (κ2) is 13.1. The molecule has 5 rings (SSSR count). The van der Waals surface area contributed by atoms with Gasteiger partial charge in [0.25, 0.3) is 0 Å². The van der Waals surface area contributed by atoms with E-state index in [0.29, 0.717) is 28.3 Å². The fourth-order valence-corrected chi connectivity index (χ4v) is 5.61. The van der Waals surface area contributed by atoms with Gasteiger partial charge in [0.15, 0.2) is 5.82 Å². The van der Waals surface area contributed by atoms with E-state index in [4.69, 9.17) is 4.98 Å². The molecule has 4 heterocycles. The lowest BCUT2D eigenvalue weighted by molar-refractivity contribution is 0.334. The van der Waals surface area contributed by atoms with Gasteiger partial charge < -0.3 is 9.88 Å². The number of aromatic amines is 2. The number of benzene rings is 1. The van der Waals surface area contributed by atoms with Crippen molar-refractivity contribution in [3.05, 3.63) is 101 Å². The van der Waals surface area contributed by atoms with Crippen LogP contribution in [0.3, 0.4) is 0 Å². The second-order valence-electron chi connectivity index (χ2n) is 10.8. The molecule has 6 nitrogen and oxygen atoms in total. The van der Waals surface area contributed by atoms with Gasteiger partial charge in [0.2, 0.25) is 0 Å². The van der Waals surface area contributed by atoms with Gasteiger partial charge in [-0.2, -0.15) is 5.10 Å². The summed E-state index contributed by atoms with van der Waals surface area (Å²) in [6.45, 7) is 17.9. The maximum atomic E-state index is 14.2. The van der Waals surface area contributed by atoms with Crippen molar-refractivity contribution >= 4 is 23.2 Å². The molecule has 0 saturated carbocycles. The third kappa shape index (κ3) is 6.42. The van der Waals surface area contributed by atoms with Crippen LogP contribution in [0.2, 0.25) is 0 Å². The normalized spacial score (nSPS) is 15.7. The minimum atomic E-state index is -0.301. The van der Waals surface area contributed by atoms with E-state index in [9.17, 15) is 4.39 Å². The summed E-state index contributed by atoms with van der Waals surface area (Å²) in [6, 6.07) is 6.77. The lowest BCUT2D eigenvalue weighted by atomic mass is 10.00. The molecule has 0 bridgehead atoms. The number of pyridine rings is 1. The molecule has 7 heteroatoms. The minimum absolute atomic E-state index is 0.301. The van der Waals surface area contributed by atoms with Crippen LogP contribution in [0, 0.1) is 12.7 Å². The van der Waals surface area contributed by atoms with Crippen LogP contribution in [-0.2, 0) is 0 Å². The summed E-state index contributed by atoms with van der Waals surface area (Å²) in [5.41, 5.74) is 7.38. The van der Waals surface area contributed by atoms with Crippen LogP contribution >= 0.6 is 0 Å². The first kappa shape index (κ1) is 29.1. The first-order valence-corrected chi connectivity index (χ1v) is 14.7. The van der Waals surface area contributed by atoms with Crippen LogP contribution in [-0.4, -0.2) is 49.7 Å². The second-order valence-corrected chi connectivity index (χ2v) is 10.8. The molecule has 1 aliphatic heterocycles. The van der Waals surface area contributed by atoms with Crippen LogP contribution in [0.25, 0.3) is 46.0 Å². The van der Waals surface area contributed by atoms with Gasteiger partial charge in [-0.3, -0.25) is 10.1 Å². The summed E-state index contributed by atoms with van der Waals surface area (Å²) < 4.78 is 14.2. The van der Waals surface area contributed by atoms with Gasteiger partial charge in [-0.25, -0.2) is 9.37 Å². The highest BCUT2D eigenvalue weighted by Crippen LogP contribution is 2.28. The Hall–Kier alpha value is -4.36. The number of nitrogens with zero attached hydrogens (tertiary/aromatic N) is 4. The van der Waals surface area contributed by atoms with Crippen molar-refractivity contribution in [1.82, 2.24) is 30.0 Å². The summed E-state index contributed by atoms with van der Waals surface area (Å²) in [7, 11) is 0. The number of hydrogen-bond acceptors (Lipinski definition) is 4. The number of aryl methyl sites for hydroxylation is 1. The Morgan fingerprint density at radius 2 is 1.95 bits per heavy atom. The molecule has 0 atom stereocenters. The molecular weight excluding hydrogens is 523 g/mol. The Labute approximate surface area is 246 Å². The van der Waals surface area contributed by atoms with Crippen LogP contribution < -0.4 is 10.6 Å². The van der Waals surface area contributed by atoms with Crippen molar-refractivity contribution in [2.75, 3.05) is 19.6 Å². The van der Waals surface area contributed by atoms with Gasteiger partial charge >= 0.3 is 0 Å². The van der Waals surface area contributed by atoms with Gasteiger partial charge in [0, 0.05) is 17.0 Å². The van der Waals surface area contributed by atoms with Crippen molar-refractivity contribution in [2.24, 2.45) is 0 Å². The number of fused-ring (bicyclic) bond motifs is 1. The van der Waals surface area contributed by atoms with Crippen LogP contribution in [0.15, 0.2) is 78.6 Å². The predicted octanol–water partition coefficient (Wildman–Crippen LogP) is 6.53. The maximum absolute atomic E-state index is 14.2. The molecule has 1 aromatic carbocycles. The summed E-state index contributed by atoms with van der Waals surface area (Å²) in [6.07, 6.45) is 16.7. The Kier molecular flexibility index (Phi) is 9.08. The topological polar surface area (TPSA) is 73.5 Å². The Bertz CT molecular complexity index is 1780. The smallest absolute Gasteiger partial charge is 0.159 e. The highest BCUT2D eigenvalue weighted by Gasteiger charge is 2.16. The molecule has 0 spiro atoms. The number of aromatic nitrogens is 5. The largest absolute Gasteiger partial charge is 0.336 e. The molecule has 0 amide bonds. The van der Waals surface area contributed by atoms with E-state index in [-0.39, 0.29) is 5.82 Å². The number of nitrogens with one attached hydrogen (secondary N) is 2. The molecule has 3 aromatic heterocycles. The van der Waals surface area contributed by atoms with Crippen molar-refractivity contribution in [3.8, 4) is 22.8 Å². The number of likely N-dealkylation sites (tertiary alicyclic amines) is 1. The van der Waals surface area contributed by atoms with E-state index in [0.717, 1.165) is 52.2 Å². The molecule has 1 fully saturated rings. The van der Waals surface area contributed by atoms with E-state index in [1.54, 1.807) is 6.20 Å². The predicted molar refractivity (Wildman–Crippen MR) is 172 cm³/mol. The van der Waals surface area contributed by atoms with E-state index in [1.807, 2.05) is 51.1 Å². The van der Waals surface area contributed by atoms with Crippen LogP contribution in [0.4, 0.5) is 4.39 Å². The lowest BCUT2D eigenvalue weighted by Crippen LogP contribution is -2.24. The maximum Gasteiger partial charge on any atom is 0.159 e. The van der Waals surface area contributed by atoms with Gasteiger partial charge in [-0.1, -0.05) is 37.5 Å². The first-order valence-electron chi connectivity index (χ1n) is 14.7. The van der Waals surface area contributed by atoms with Crippen molar-refractivity contribution in [2.45, 2.75) is 46.5 Å². The Morgan fingerprint density at radius 1 is 1.14 bits per heavy atom. The van der Waals surface area contributed by atoms with Gasteiger partial charge in [-0.15, -0.1) is 0 Å². The average Bonchev–Trinajstić information content (AvgIpc) is 3.74. The molecule has 2 N–H and O–H groups in total. The monoisotopic (exact) mass is 562 g/mol. The molecular formula is C35H39FN6. The highest BCUT2D eigenvalue weighted by atomic mass is 19.1. The van der Waals surface area contributed by atoms with E-state index in [2.05, 4.69) is 50.4 Å². The van der Waals surface area contributed by atoms with Gasteiger partial charge in [0.05, 0.1) is 16.6 Å². The molecule has 0 unspecified atom stereocenters. The molecule has 0 radical (unpaired) electrons. The summed E-state index contributed by atoms with van der Waals surface area (Å²) in [4.78, 5) is 15.4. The van der Waals surface area contributed by atoms with Gasteiger partial charge in [0.1, 0.15) is 17.0 Å². The Morgan fingerprint density at radius 3 is 2.67 bits per heavy atom. The number of imidazole rings is 1. The summed E-state index contributed by atoms with van der Waals surface area (Å²) in [5.74, 6) is 0.299. The van der Waals surface area contributed by atoms with Gasteiger partial charge in [-0.05, 0) is 119 Å². The van der Waals surface area contributed by atoms with Crippen LogP contribution in [0.5, 0.6) is 0 Å². The quantitative estimate of drug-likeness (QED) is 0.216. The minimum Gasteiger partial charge on any atom is -0.336 e. The number of halogens is 1. The molecule has 1 aliphatic rings. The average molecular weight is 563 g/mol. The first-order chi connectivity index (χ1) is 20.4. The fraction of sp³-hybridized carbons (Fsp3) is 0.286. The summed E-state index contributed by atoms with van der Waals surface area (Å²) >= 11 is 0. The molecule has 42 heavy (non-hydrogen) atoms. The summed E-state index contributed by atoms with van der Waals surface area (Å²) in [5, 5.41) is 9.52. The highest BCUT2D eigenvalue weighted by molar-refractivity contribution is 5.91. The number of rotatable bonds is 10. The number of hydrogen-bond donors (Lipinski definition) is 2. The molecule has 0 aliphatic carbocycles. The van der Waals surface area contributed by atoms with E-state index < -0.39 is 0 Å². The fourth-order valence-electron chi connectivity index (χ4n) is 5.61. The van der Waals surface area contributed by atoms with Crippen LogP contribution in [0.1, 0.15) is 45.1 Å². The SMILES string of the molecule is C=C/C(=C\C(=C/C)C(=C)/C=c1/c(-c2nc3c(-c4cc(C)cc(F)c4)nccc3[nH]2)n[nH]/c1=C/C)CCCN1CCCC1. The molecule has 216 valence electrons. The van der Waals surface area contributed by atoms with Crippen molar-refractivity contribution in [1.29, 1.82) is 0 Å². The zero-order valence-corrected chi connectivity index (χ0v) is 24.8. The standard InChI is InChI=1S/C35H39FN6/c1-6-25(12-11-17-42-15-9-10-16-42)21-26(7-2)24(5)20-29-30(8-3)40-41-33(29)35-38-31-13-14-37-32(34(31)39-35)27-18-23(4)19-28(36)22-27/h6-8,13-14,18-22,40H,1,5,9-12,15-17H2,2-4H3,(H,38,39)/b25-21+,26-7+,29-20+,30-8+. The zero-order chi connectivity index (χ0) is 29.6. The number of H-pyrrole nitrogens is 2. The lowest BCUT2D eigenvalue weighted by Gasteiger charge is -2.14. The van der Waals surface area contributed by atoms with Crippen molar-refractivity contribution in [3.63, 3.8) is 0 Å². The molecule has 4 aromatic rings. The van der Waals surface area contributed by atoms with Crippen molar-refractivity contribution < 1.29 is 4.39 Å².